The fraction of sp³-hybridized carbons (Fsp3) is 0.105. The number of thioether (sulfide) groups is 1. The van der Waals surface area contributed by atoms with Gasteiger partial charge in [0, 0.05) is 33.5 Å². The Morgan fingerprint density at radius 3 is 2.93 bits per heavy atom. The number of hydrogen-bond acceptors (Lipinski definition) is 7. The monoisotopic (exact) mass is 397 g/mol. The van der Waals surface area contributed by atoms with Gasteiger partial charge in [0.05, 0.1) is 5.52 Å². The van der Waals surface area contributed by atoms with Crippen LogP contribution in [-0.2, 0) is 5.75 Å². The van der Waals surface area contributed by atoms with Crippen molar-refractivity contribution in [2.24, 2.45) is 0 Å². The summed E-state index contributed by atoms with van der Waals surface area (Å²) in [7, 11) is 0. The Morgan fingerprint density at radius 2 is 1.96 bits per heavy atom. The van der Waals surface area contributed by atoms with E-state index in [-0.39, 0.29) is 6.79 Å². The highest BCUT2D eigenvalue weighted by molar-refractivity contribution is 7.98. The topological polar surface area (TPSA) is 70.3 Å². The van der Waals surface area contributed by atoms with Crippen molar-refractivity contribution in [2.75, 3.05) is 6.79 Å². The molecular formula is C19H12ClN3O3S. The van der Waals surface area contributed by atoms with Crippen molar-refractivity contribution in [2.45, 2.75) is 11.0 Å². The van der Waals surface area contributed by atoms with Crippen molar-refractivity contribution < 1.29 is 13.9 Å². The van der Waals surface area contributed by atoms with E-state index in [0.29, 0.717) is 33.4 Å². The molecule has 0 aliphatic carbocycles. The third-order valence-electron chi connectivity index (χ3n) is 4.19. The zero-order valence-electron chi connectivity index (χ0n) is 13.9. The first-order valence-electron chi connectivity index (χ1n) is 8.16. The van der Waals surface area contributed by atoms with Gasteiger partial charge >= 0.3 is 0 Å². The molecule has 0 radical (unpaired) electrons. The molecule has 0 saturated heterocycles. The van der Waals surface area contributed by atoms with Gasteiger partial charge in [0.25, 0.3) is 5.22 Å². The minimum atomic E-state index is 0.226. The number of ether oxygens (including phenoxy) is 2. The highest BCUT2D eigenvalue weighted by Crippen LogP contribution is 2.36. The van der Waals surface area contributed by atoms with Crippen LogP contribution in [-0.4, -0.2) is 22.0 Å². The highest BCUT2D eigenvalue weighted by Gasteiger charge is 2.17. The van der Waals surface area contributed by atoms with Crippen molar-refractivity contribution in [3.8, 4) is 23.0 Å². The molecule has 6 nitrogen and oxygen atoms in total. The third kappa shape index (κ3) is 3.09. The van der Waals surface area contributed by atoms with E-state index in [1.165, 1.54) is 11.8 Å². The lowest BCUT2D eigenvalue weighted by atomic mass is 10.1. The maximum absolute atomic E-state index is 6.38. The van der Waals surface area contributed by atoms with Crippen LogP contribution in [0.4, 0.5) is 0 Å². The van der Waals surface area contributed by atoms with Gasteiger partial charge in [-0.15, -0.1) is 10.2 Å². The Hall–Kier alpha value is -2.77. The molecule has 4 aromatic rings. The van der Waals surface area contributed by atoms with E-state index in [1.54, 1.807) is 6.20 Å². The standard InChI is InChI=1S/C19H12ClN3O3S/c20-14-5-3-11-2-1-7-21-17(11)13(14)9-27-19-23-22-18(26-19)12-4-6-15-16(8-12)25-10-24-15/h1-8H,9-10H2. The number of fused-ring (bicyclic) bond motifs is 2. The van der Waals surface area contributed by atoms with Crippen LogP contribution in [0.1, 0.15) is 5.56 Å². The molecule has 0 N–H and O–H groups in total. The maximum Gasteiger partial charge on any atom is 0.277 e. The maximum atomic E-state index is 6.38. The fourth-order valence-electron chi connectivity index (χ4n) is 2.87. The largest absolute Gasteiger partial charge is 0.454 e. The number of pyridine rings is 1. The van der Waals surface area contributed by atoms with Gasteiger partial charge < -0.3 is 13.9 Å². The molecule has 27 heavy (non-hydrogen) atoms. The summed E-state index contributed by atoms with van der Waals surface area (Å²) in [6.45, 7) is 0.226. The van der Waals surface area contributed by atoms with Crippen LogP contribution in [0.2, 0.25) is 5.02 Å². The van der Waals surface area contributed by atoms with E-state index in [9.17, 15) is 0 Å². The smallest absolute Gasteiger partial charge is 0.277 e. The van der Waals surface area contributed by atoms with Gasteiger partial charge in [0.2, 0.25) is 12.7 Å². The number of nitrogens with zero attached hydrogens (tertiary/aromatic N) is 3. The summed E-state index contributed by atoms with van der Waals surface area (Å²) >= 11 is 7.80. The molecule has 3 heterocycles. The van der Waals surface area contributed by atoms with E-state index < -0.39 is 0 Å². The van der Waals surface area contributed by atoms with Crippen molar-refractivity contribution in [1.29, 1.82) is 0 Å². The first kappa shape index (κ1) is 16.4. The van der Waals surface area contributed by atoms with E-state index in [2.05, 4.69) is 15.2 Å². The van der Waals surface area contributed by atoms with Gasteiger partial charge in [-0.3, -0.25) is 4.98 Å². The summed E-state index contributed by atoms with van der Waals surface area (Å²) in [5, 5.41) is 10.4. The molecule has 1 aliphatic rings. The quantitative estimate of drug-likeness (QED) is 0.451. The van der Waals surface area contributed by atoms with Crippen LogP contribution < -0.4 is 9.47 Å². The average Bonchev–Trinajstić information content (AvgIpc) is 3.36. The van der Waals surface area contributed by atoms with Crippen LogP contribution >= 0.6 is 23.4 Å². The molecule has 0 spiro atoms. The summed E-state index contributed by atoms with van der Waals surface area (Å²) in [6.07, 6.45) is 1.76. The SMILES string of the molecule is Clc1ccc2cccnc2c1CSc1nnc(-c2ccc3c(c2)OCO3)o1. The molecule has 0 bridgehead atoms. The first-order chi connectivity index (χ1) is 13.3. The molecule has 0 fully saturated rings. The second kappa shape index (κ2) is 6.75. The molecule has 2 aromatic heterocycles. The Morgan fingerprint density at radius 1 is 1.04 bits per heavy atom. The van der Waals surface area contributed by atoms with Crippen LogP contribution in [0.25, 0.3) is 22.4 Å². The molecule has 2 aromatic carbocycles. The van der Waals surface area contributed by atoms with Gasteiger partial charge in [0.15, 0.2) is 11.5 Å². The number of benzene rings is 2. The van der Waals surface area contributed by atoms with E-state index in [1.807, 2.05) is 42.5 Å². The Kier molecular flexibility index (Phi) is 4.10. The molecule has 0 saturated carbocycles. The van der Waals surface area contributed by atoms with Crippen molar-refractivity contribution in [1.82, 2.24) is 15.2 Å². The van der Waals surface area contributed by atoms with Crippen LogP contribution in [0, 0.1) is 0 Å². The number of halogens is 1. The van der Waals surface area contributed by atoms with E-state index in [4.69, 9.17) is 25.5 Å². The van der Waals surface area contributed by atoms with Crippen molar-refractivity contribution in [3.63, 3.8) is 0 Å². The van der Waals surface area contributed by atoms with Gasteiger partial charge in [0.1, 0.15) is 0 Å². The van der Waals surface area contributed by atoms with E-state index in [0.717, 1.165) is 22.0 Å². The Bertz CT molecular complexity index is 1150. The second-order valence-electron chi connectivity index (χ2n) is 5.83. The molecule has 1 aliphatic heterocycles. The van der Waals surface area contributed by atoms with Gasteiger partial charge in [-0.1, -0.05) is 35.5 Å². The summed E-state index contributed by atoms with van der Waals surface area (Å²) in [5.74, 6) is 2.40. The second-order valence-corrected chi connectivity index (χ2v) is 7.16. The third-order valence-corrected chi connectivity index (χ3v) is 5.39. The molecule has 0 unspecified atom stereocenters. The van der Waals surface area contributed by atoms with Crippen molar-refractivity contribution in [3.05, 3.63) is 59.2 Å². The summed E-state index contributed by atoms with van der Waals surface area (Å²) in [5.41, 5.74) is 2.61. The van der Waals surface area contributed by atoms with Crippen LogP contribution in [0.5, 0.6) is 11.5 Å². The number of hydrogen-bond donors (Lipinski definition) is 0. The lowest BCUT2D eigenvalue weighted by Gasteiger charge is -2.06. The summed E-state index contributed by atoms with van der Waals surface area (Å²) in [6, 6.07) is 13.3. The van der Waals surface area contributed by atoms with Crippen LogP contribution in [0.3, 0.4) is 0 Å². The lowest BCUT2D eigenvalue weighted by Crippen LogP contribution is -1.92. The number of aromatic nitrogens is 3. The highest BCUT2D eigenvalue weighted by atomic mass is 35.5. The molecule has 134 valence electrons. The Balaban J connectivity index is 1.38. The molecule has 0 amide bonds. The number of rotatable bonds is 4. The zero-order chi connectivity index (χ0) is 18.2. The van der Waals surface area contributed by atoms with Crippen molar-refractivity contribution >= 4 is 34.3 Å². The first-order valence-corrected chi connectivity index (χ1v) is 9.53. The van der Waals surface area contributed by atoms with Gasteiger partial charge in [-0.05, 0) is 30.3 Å². The minimum Gasteiger partial charge on any atom is -0.454 e. The van der Waals surface area contributed by atoms with Gasteiger partial charge in [-0.2, -0.15) is 0 Å². The molecule has 5 rings (SSSR count). The van der Waals surface area contributed by atoms with E-state index >= 15 is 0 Å². The summed E-state index contributed by atoms with van der Waals surface area (Å²) < 4.78 is 16.5. The molecule has 0 atom stereocenters. The minimum absolute atomic E-state index is 0.226. The normalized spacial score (nSPS) is 12.6. The Labute approximate surface area is 163 Å². The van der Waals surface area contributed by atoms with Gasteiger partial charge in [-0.25, -0.2) is 0 Å². The molecule has 8 heteroatoms. The molecular weight excluding hydrogens is 386 g/mol. The fourth-order valence-corrected chi connectivity index (χ4v) is 3.96. The lowest BCUT2D eigenvalue weighted by molar-refractivity contribution is 0.174. The predicted octanol–water partition coefficient (Wildman–Crippen LogP) is 4.96. The average molecular weight is 398 g/mol. The predicted molar refractivity (Wildman–Crippen MR) is 102 cm³/mol. The summed E-state index contributed by atoms with van der Waals surface area (Å²) in [4.78, 5) is 4.45. The zero-order valence-corrected chi connectivity index (χ0v) is 15.5. The van der Waals surface area contributed by atoms with Crippen LogP contribution in [0.15, 0.2) is 58.3 Å².